The fraction of sp³-hybridized carbons (Fsp3) is 0.769. The molecule has 18 heavy (non-hydrogen) atoms. The van der Waals surface area contributed by atoms with Crippen molar-refractivity contribution in [3.63, 3.8) is 0 Å². The van der Waals surface area contributed by atoms with Crippen LogP contribution < -0.4 is 5.73 Å². The SMILES string of the molecule is COCC1CCN(Cc2cn(CCN)cn2)CC1. The Hall–Kier alpha value is -0.910. The first-order chi connectivity index (χ1) is 8.81. The van der Waals surface area contributed by atoms with E-state index in [0.29, 0.717) is 6.54 Å². The van der Waals surface area contributed by atoms with Gasteiger partial charge in [0.25, 0.3) is 0 Å². The molecule has 2 heterocycles. The third-order valence-electron chi connectivity index (χ3n) is 3.57. The van der Waals surface area contributed by atoms with Gasteiger partial charge in [-0.05, 0) is 31.8 Å². The molecule has 0 aromatic carbocycles. The van der Waals surface area contributed by atoms with Crippen LogP contribution in [-0.4, -0.2) is 47.8 Å². The maximum atomic E-state index is 5.53. The summed E-state index contributed by atoms with van der Waals surface area (Å²) in [5.41, 5.74) is 6.67. The second-order valence-electron chi connectivity index (χ2n) is 5.07. The van der Waals surface area contributed by atoms with Crippen LogP contribution in [0.15, 0.2) is 12.5 Å². The molecular formula is C13H24N4O. The van der Waals surface area contributed by atoms with Crippen molar-refractivity contribution in [2.45, 2.75) is 25.9 Å². The second kappa shape index (κ2) is 6.87. The summed E-state index contributed by atoms with van der Waals surface area (Å²) in [7, 11) is 1.79. The minimum atomic E-state index is 0.665. The lowest BCUT2D eigenvalue weighted by molar-refractivity contribution is 0.0963. The van der Waals surface area contributed by atoms with Crippen LogP contribution in [0.5, 0.6) is 0 Å². The Balaban J connectivity index is 1.76. The highest BCUT2D eigenvalue weighted by molar-refractivity contribution is 4.97. The molecule has 0 aliphatic carbocycles. The van der Waals surface area contributed by atoms with Crippen molar-refractivity contribution in [3.8, 4) is 0 Å². The number of nitrogens with two attached hydrogens (primary N) is 1. The smallest absolute Gasteiger partial charge is 0.0950 e. The van der Waals surface area contributed by atoms with Crippen molar-refractivity contribution in [2.24, 2.45) is 11.7 Å². The molecule has 0 saturated carbocycles. The number of imidazole rings is 1. The van der Waals surface area contributed by atoms with Crippen LogP contribution in [0.4, 0.5) is 0 Å². The molecule has 0 amide bonds. The number of hydrogen-bond donors (Lipinski definition) is 1. The van der Waals surface area contributed by atoms with Gasteiger partial charge in [0.05, 0.1) is 12.0 Å². The van der Waals surface area contributed by atoms with Gasteiger partial charge in [0, 0.05) is 39.5 Å². The molecule has 0 spiro atoms. The average molecular weight is 252 g/mol. The summed E-state index contributed by atoms with van der Waals surface area (Å²) < 4.78 is 7.28. The summed E-state index contributed by atoms with van der Waals surface area (Å²) in [5, 5.41) is 0. The van der Waals surface area contributed by atoms with Gasteiger partial charge in [0.1, 0.15) is 0 Å². The van der Waals surface area contributed by atoms with E-state index in [1.807, 2.05) is 6.33 Å². The Bertz CT molecular complexity index is 345. The lowest BCUT2D eigenvalue weighted by Gasteiger charge is -2.30. The van der Waals surface area contributed by atoms with Gasteiger partial charge in [0.2, 0.25) is 0 Å². The zero-order valence-corrected chi connectivity index (χ0v) is 11.2. The van der Waals surface area contributed by atoms with E-state index in [0.717, 1.165) is 44.4 Å². The first kappa shape index (κ1) is 13.5. The molecular weight excluding hydrogens is 228 g/mol. The van der Waals surface area contributed by atoms with E-state index < -0.39 is 0 Å². The summed E-state index contributed by atoms with van der Waals surface area (Å²) in [6, 6.07) is 0. The molecule has 1 saturated heterocycles. The van der Waals surface area contributed by atoms with Gasteiger partial charge in [-0.3, -0.25) is 4.90 Å². The predicted octanol–water partition coefficient (Wildman–Crippen LogP) is 0.700. The number of methoxy groups -OCH3 is 1. The number of likely N-dealkylation sites (tertiary alicyclic amines) is 1. The van der Waals surface area contributed by atoms with Crippen molar-refractivity contribution >= 4 is 0 Å². The van der Waals surface area contributed by atoms with Crippen LogP contribution in [-0.2, 0) is 17.8 Å². The Morgan fingerprint density at radius 2 is 2.22 bits per heavy atom. The third-order valence-corrected chi connectivity index (χ3v) is 3.57. The molecule has 0 unspecified atom stereocenters. The van der Waals surface area contributed by atoms with E-state index in [1.54, 1.807) is 7.11 Å². The van der Waals surface area contributed by atoms with Crippen molar-refractivity contribution in [1.29, 1.82) is 0 Å². The van der Waals surface area contributed by atoms with Gasteiger partial charge < -0.3 is 15.0 Å². The van der Waals surface area contributed by atoms with E-state index in [1.165, 1.54) is 12.8 Å². The molecule has 2 rings (SSSR count). The lowest BCUT2D eigenvalue weighted by Crippen LogP contribution is -2.34. The number of nitrogens with zero attached hydrogens (tertiary/aromatic N) is 3. The van der Waals surface area contributed by atoms with Gasteiger partial charge in [0.15, 0.2) is 0 Å². The number of piperidine rings is 1. The Morgan fingerprint density at radius 1 is 1.44 bits per heavy atom. The van der Waals surface area contributed by atoms with E-state index in [4.69, 9.17) is 10.5 Å². The summed E-state index contributed by atoms with van der Waals surface area (Å²) >= 11 is 0. The summed E-state index contributed by atoms with van der Waals surface area (Å²) in [6.45, 7) is 5.67. The first-order valence-electron chi connectivity index (χ1n) is 6.74. The van der Waals surface area contributed by atoms with E-state index in [-0.39, 0.29) is 0 Å². The summed E-state index contributed by atoms with van der Waals surface area (Å²) in [6.07, 6.45) is 6.45. The fourth-order valence-electron chi connectivity index (χ4n) is 2.54. The molecule has 102 valence electrons. The molecule has 5 heteroatoms. The molecule has 1 aliphatic rings. The van der Waals surface area contributed by atoms with Crippen molar-refractivity contribution in [3.05, 3.63) is 18.2 Å². The predicted molar refractivity (Wildman–Crippen MR) is 71.2 cm³/mol. The largest absolute Gasteiger partial charge is 0.384 e. The Kier molecular flexibility index (Phi) is 5.16. The Morgan fingerprint density at radius 3 is 2.89 bits per heavy atom. The number of rotatable bonds is 6. The van der Waals surface area contributed by atoms with E-state index in [9.17, 15) is 0 Å². The highest BCUT2D eigenvalue weighted by Gasteiger charge is 2.19. The maximum absolute atomic E-state index is 5.53. The van der Waals surface area contributed by atoms with E-state index >= 15 is 0 Å². The number of ether oxygens (including phenoxy) is 1. The van der Waals surface area contributed by atoms with Crippen LogP contribution in [0.25, 0.3) is 0 Å². The van der Waals surface area contributed by atoms with Crippen LogP contribution in [0, 0.1) is 5.92 Å². The minimum Gasteiger partial charge on any atom is -0.384 e. The van der Waals surface area contributed by atoms with Gasteiger partial charge in [-0.2, -0.15) is 0 Å². The maximum Gasteiger partial charge on any atom is 0.0950 e. The van der Waals surface area contributed by atoms with Crippen molar-refractivity contribution < 1.29 is 4.74 Å². The van der Waals surface area contributed by atoms with E-state index in [2.05, 4.69) is 20.6 Å². The summed E-state index contributed by atoms with van der Waals surface area (Å²) in [5.74, 6) is 0.737. The molecule has 5 nitrogen and oxygen atoms in total. The normalized spacial score (nSPS) is 18.3. The second-order valence-corrected chi connectivity index (χ2v) is 5.07. The summed E-state index contributed by atoms with van der Waals surface area (Å²) in [4.78, 5) is 6.90. The molecule has 0 radical (unpaired) electrons. The molecule has 1 aromatic rings. The molecule has 2 N–H and O–H groups in total. The zero-order valence-electron chi connectivity index (χ0n) is 11.2. The topological polar surface area (TPSA) is 56.3 Å². The van der Waals surface area contributed by atoms with Crippen molar-refractivity contribution in [1.82, 2.24) is 14.5 Å². The molecule has 0 atom stereocenters. The quantitative estimate of drug-likeness (QED) is 0.810. The minimum absolute atomic E-state index is 0.665. The van der Waals surface area contributed by atoms with Crippen LogP contribution in [0.3, 0.4) is 0 Å². The van der Waals surface area contributed by atoms with Crippen LogP contribution >= 0.6 is 0 Å². The highest BCUT2D eigenvalue weighted by atomic mass is 16.5. The fourth-order valence-corrected chi connectivity index (χ4v) is 2.54. The zero-order chi connectivity index (χ0) is 12.8. The average Bonchev–Trinajstić information content (AvgIpc) is 2.80. The Labute approximate surface area is 109 Å². The lowest BCUT2D eigenvalue weighted by atomic mass is 9.98. The monoisotopic (exact) mass is 252 g/mol. The number of aromatic nitrogens is 2. The molecule has 0 bridgehead atoms. The first-order valence-corrected chi connectivity index (χ1v) is 6.74. The van der Waals surface area contributed by atoms with Gasteiger partial charge >= 0.3 is 0 Å². The molecule has 1 aliphatic heterocycles. The molecule has 1 fully saturated rings. The number of hydrogen-bond acceptors (Lipinski definition) is 4. The van der Waals surface area contributed by atoms with Gasteiger partial charge in [-0.1, -0.05) is 0 Å². The standard InChI is InChI=1S/C13H24N4O/c1-18-10-12-2-5-16(6-3-12)8-13-9-17(7-4-14)11-15-13/h9,11-12H,2-8,10,14H2,1H3. The van der Waals surface area contributed by atoms with Crippen LogP contribution in [0.1, 0.15) is 18.5 Å². The third kappa shape index (κ3) is 3.80. The van der Waals surface area contributed by atoms with Crippen LogP contribution in [0.2, 0.25) is 0 Å². The highest BCUT2D eigenvalue weighted by Crippen LogP contribution is 2.18. The van der Waals surface area contributed by atoms with Crippen molar-refractivity contribution in [2.75, 3.05) is 33.4 Å². The molecule has 1 aromatic heterocycles. The van der Waals surface area contributed by atoms with Gasteiger partial charge in [-0.25, -0.2) is 4.98 Å². The van der Waals surface area contributed by atoms with Gasteiger partial charge in [-0.15, -0.1) is 0 Å².